The number of anilines is 2. The number of hydrogen-bond donors (Lipinski definition) is 2. The molecule has 0 radical (unpaired) electrons. The Morgan fingerprint density at radius 2 is 2.14 bits per heavy atom. The molecule has 0 saturated carbocycles. The molecule has 21 heavy (non-hydrogen) atoms. The van der Waals surface area contributed by atoms with E-state index in [1.165, 1.54) is 10.4 Å². The molecule has 7 heteroatoms. The Kier molecular flexibility index (Phi) is 3.74. The van der Waals surface area contributed by atoms with Gasteiger partial charge in [-0.3, -0.25) is 4.68 Å². The van der Waals surface area contributed by atoms with Crippen molar-refractivity contribution in [2.45, 2.75) is 20.4 Å². The summed E-state index contributed by atoms with van der Waals surface area (Å²) in [6.45, 7) is 5.70. The summed E-state index contributed by atoms with van der Waals surface area (Å²) < 4.78 is 1.93. The highest BCUT2D eigenvalue weighted by molar-refractivity contribution is 7.18. The summed E-state index contributed by atoms with van der Waals surface area (Å²) >= 11 is 1.68. The fourth-order valence-electron chi connectivity index (χ4n) is 2.17. The van der Waals surface area contributed by atoms with Crippen molar-refractivity contribution in [1.29, 1.82) is 0 Å². The van der Waals surface area contributed by atoms with E-state index in [1.807, 2.05) is 31.0 Å². The summed E-state index contributed by atoms with van der Waals surface area (Å²) in [5, 5.41) is 11.8. The molecule has 0 aromatic carbocycles. The maximum absolute atomic E-state index is 4.51. The second kappa shape index (κ2) is 5.69. The molecule has 3 rings (SSSR count). The van der Waals surface area contributed by atoms with Gasteiger partial charge in [0.1, 0.15) is 10.6 Å². The number of nitrogens with one attached hydrogen (secondary N) is 2. The van der Waals surface area contributed by atoms with E-state index in [1.54, 1.807) is 11.3 Å². The lowest BCUT2D eigenvalue weighted by molar-refractivity contribution is 0.637. The third kappa shape index (κ3) is 2.97. The summed E-state index contributed by atoms with van der Waals surface area (Å²) in [5.74, 6) is 1.51. The molecule has 110 valence electrons. The summed E-state index contributed by atoms with van der Waals surface area (Å²) in [6.07, 6.45) is 3.90. The Morgan fingerprint density at radius 1 is 1.29 bits per heavy atom. The van der Waals surface area contributed by atoms with E-state index in [0.717, 1.165) is 29.1 Å². The molecule has 0 unspecified atom stereocenters. The van der Waals surface area contributed by atoms with E-state index in [0.29, 0.717) is 5.95 Å². The van der Waals surface area contributed by atoms with Gasteiger partial charge in [-0.15, -0.1) is 11.3 Å². The van der Waals surface area contributed by atoms with Gasteiger partial charge >= 0.3 is 0 Å². The van der Waals surface area contributed by atoms with Crippen LogP contribution in [0.3, 0.4) is 0 Å². The van der Waals surface area contributed by atoms with Crippen molar-refractivity contribution >= 4 is 33.3 Å². The largest absolute Gasteiger partial charge is 0.368 e. The second-order valence-corrected chi connectivity index (χ2v) is 6.16. The van der Waals surface area contributed by atoms with Gasteiger partial charge in [0.25, 0.3) is 0 Å². The number of aryl methyl sites for hydroxylation is 2. The van der Waals surface area contributed by atoms with Crippen LogP contribution in [0.1, 0.15) is 10.4 Å². The quantitative estimate of drug-likeness (QED) is 0.758. The maximum Gasteiger partial charge on any atom is 0.225 e. The fourth-order valence-corrected chi connectivity index (χ4v) is 3.05. The van der Waals surface area contributed by atoms with E-state index in [9.17, 15) is 0 Å². The lowest BCUT2D eigenvalue weighted by atomic mass is 10.3. The van der Waals surface area contributed by atoms with Crippen molar-refractivity contribution in [3.63, 3.8) is 0 Å². The predicted octanol–water partition coefficient (Wildman–Crippen LogP) is 2.66. The van der Waals surface area contributed by atoms with Gasteiger partial charge in [-0.25, -0.2) is 4.98 Å². The Hall–Kier alpha value is -2.15. The zero-order chi connectivity index (χ0) is 14.8. The molecule has 0 aliphatic heterocycles. The monoisotopic (exact) mass is 302 g/mol. The number of hydrogen-bond acceptors (Lipinski definition) is 6. The summed E-state index contributed by atoms with van der Waals surface area (Å²) in [6, 6.07) is 2.12. The molecule has 3 aromatic heterocycles. The first-order valence-corrected chi connectivity index (χ1v) is 7.66. The minimum atomic E-state index is 0.641. The first-order chi connectivity index (χ1) is 10.2. The van der Waals surface area contributed by atoms with Gasteiger partial charge < -0.3 is 10.6 Å². The lowest BCUT2D eigenvalue weighted by Crippen LogP contribution is -2.12. The van der Waals surface area contributed by atoms with Gasteiger partial charge in [-0.05, 0) is 25.5 Å². The average Bonchev–Trinajstić information content (AvgIpc) is 3.03. The molecule has 0 amide bonds. The Morgan fingerprint density at radius 3 is 2.86 bits per heavy atom. The van der Waals surface area contributed by atoms with Gasteiger partial charge in [0.15, 0.2) is 0 Å². The van der Waals surface area contributed by atoms with Crippen LogP contribution < -0.4 is 10.6 Å². The standard InChI is InChI=1S/C14H18N6S/c1-9-7-17-20(8-9)5-4-16-12-11-6-10(2)21-13(11)19-14(15-3)18-12/h6-8H,4-5H2,1-3H3,(H2,15,16,18,19). The van der Waals surface area contributed by atoms with E-state index >= 15 is 0 Å². The van der Waals surface area contributed by atoms with Crippen LogP contribution in [0.5, 0.6) is 0 Å². The zero-order valence-electron chi connectivity index (χ0n) is 12.3. The number of aromatic nitrogens is 4. The summed E-state index contributed by atoms with van der Waals surface area (Å²) in [5.41, 5.74) is 1.17. The van der Waals surface area contributed by atoms with Gasteiger partial charge in [0, 0.05) is 24.7 Å². The van der Waals surface area contributed by atoms with Crippen LogP contribution in [-0.4, -0.2) is 33.3 Å². The first kappa shape index (κ1) is 13.8. The fraction of sp³-hybridized carbons (Fsp3) is 0.357. The van der Waals surface area contributed by atoms with E-state index in [-0.39, 0.29) is 0 Å². The number of rotatable bonds is 5. The summed E-state index contributed by atoms with van der Waals surface area (Å²) in [4.78, 5) is 11.2. The molecule has 3 aromatic rings. The third-order valence-corrected chi connectivity index (χ3v) is 4.08. The van der Waals surface area contributed by atoms with Crippen molar-refractivity contribution < 1.29 is 0 Å². The maximum atomic E-state index is 4.51. The molecule has 0 spiro atoms. The number of fused-ring (bicyclic) bond motifs is 1. The van der Waals surface area contributed by atoms with E-state index < -0.39 is 0 Å². The molecule has 0 aliphatic carbocycles. The molecular weight excluding hydrogens is 284 g/mol. The number of thiophene rings is 1. The first-order valence-electron chi connectivity index (χ1n) is 6.84. The Labute approximate surface area is 127 Å². The van der Waals surface area contributed by atoms with Crippen LogP contribution in [0.15, 0.2) is 18.5 Å². The van der Waals surface area contributed by atoms with Crippen molar-refractivity contribution in [2.24, 2.45) is 0 Å². The average molecular weight is 302 g/mol. The second-order valence-electron chi connectivity index (χ2n) is 4.93. The topological polar surface area (TPSA) is 67.7 Å². The van der Waals surface area contributed by atoms with Crippen molar-refractivity contribution in [1.82, 2.24) is 19.7 Å². The van der Waals surface area contributed by atoms with Gasteiger partial charge in [0.2, 0.25) is 5.95 Å². The SMILES string of the molecule is CNc1nc(NCCn2cc(C)cn2)c2cc(C)sc2n1. The molecule has 6 nitrogen and oxygen atoms in total. The van der Waals surface area contributed by atoms with Crippen LogP contribution in [0.2, 0.25) is 0 Å². The van der Waals surface area contributed by atoms with E-state index in [2.05, 4.69) is 38.7 Å². The smallest absolute Gasteiger partial charge is 0.225 e. The molecule has 2 N–H and O–H groups in total. The molecule has 0 fully saturated rings. The van der Waals surface area contributed by atoms with Crippen LogP contribution in [-0.2, 0) is 6.54 Å². The van der Waals surface area contributed by atoms with Crippen molar-refractivity contribution in [3.8, 4) is 0 Å². The molecule has 0 bridgehead atoms. The molecule has 0 saturated heterocycles. The Bertz CT molecular complexity index is 760. The zero-order valence-corrected chi connectivity index (χ0v) is 13.2. The molecule has 3 heterocycles. The van der Waals surface area contributed by atoms with Crippen LogP contribution >= 0.6 is 11.3 Å². The van der Waals surface area contributed by atoms with Crippen molar-refractivity contribution in [2.75, 3.05) is 24.2 Å². The lowest BCUT2D eigenvalue weighted by Gasteiger charge is -2.08. The van der Waals surface area contributed by atoms with Crippen LogP contribution in [0.4, 0.5) is 11.8 Å². The number of nitrogens with zero attached hydrogens (tertiary/aromatic N) is 4. The minimum absolute atomic E-state index is 0.641. The molecule has 0 atom stereocenters. The van der Waals surface area contributed by atoms with Gasteiger partial charge in [0.05, 0.1) is 18.1 Å². The van der Waals surface area contributed by atoms with Crippen molar-refractivity contribution in [3.05, 3.63) is 28.9 Å². The molecular formula is C14H18N6S. The third-order valence-electron chi connectivity index (χ3n) is 3.14. The van der Waals surface area contributed by atoms with Crippen LogP contribution in [0, 0.1) is 13.8 Å². The normalized spacial score (nSPS) is 11.0. The summed E-state index contributed by atoms with van der Waals surface area (Å²) in [7, 11) is 1.83. The highest BCUT2D eigenvalue weighted by Crippen LogP contribution is 2.29. The predicted molar refractivity (Wildman–Crippen MR) is 87.2 cm³/mol. The Balaban J connectivity index is 1.78. The van der Waals surface area contributed by atoms with E-state index in [4.69, 9.17) is 0 Å². The highest BCUT2D eigenvalue weighted by Gasteiger charge is 2.09. The van der Waals surface area contributed by atoms with Gasteiger partial charge in [-0.2, -0.15) is 10.1 Å². The van der Waals surface area contributed by atoms with Gasteiger partial charge in [-0.1, -0.05) is 0 Å². The van der Waals surface area contributed by atoms with Crippen LogP contribution in [0.25, 0.3) is 10.2 Å². The highest BCUT2D eigenvalue weighted by atomic mass is 32.1. The molecule has 0 aliphatic rings. The minimum Gasteiger partial charge on any atom is -0.368 e.